The molecule has 9 nitrogen and oxygen atoms in total. The molecule has 0 radical (unpaired) electrons. The quantitative estimate of drug-likeness (QED) is 0.124. The molecule has 0 fully saturated rings. The number of nitrogens with one attached hydrogen (secondary N) is 1. The van der Waals surface area contributed by atoms with Gasteiger partial charge in [-0.1, -0.05) is 54.6 Å². The third kappa shape index (κ3) is 9.93. The molecule has 0 saturated heterocycles. The predicted molar refractivity (Wildman–Crippen MR) is 176 cm³/mol. The highest BCUT2D eigenvalue weighted by atomic mass is 16.6. The van der Waals surface area contributed by atoms with Gasteiger partial charge >= 0.3 is 11.9 Å². The fourth-order valence-corrected chi connectivity index (χ4v) is 5.04. The maximum Gasteiger partial charge on any atom is 0.345 e. The number of methoxy groups -OCH3 is 2. The lowest BCUT2D eigenvalue weighted by Crippen LogP contribution is -2.51. The van der Waals surface area contributed by atoms with Crippen molar-refractivity contribution in [3.05, 3.63) is 114 Å². The van der Waals surface area contributed by atoms with Crippen molar-refractivity contribution in [2.24, 2.45) is 5.73 Å². The van der Waals surface area contributed by atoms with Crippen molar-refractivity contribution in [1.82, 2.24) is 5.32 Å². The largest absolute Gasteiger partial charge is 0.497 e. The van der Waals surface area contributed by atoms with Gasteiger partial charge in [-0.2, -0.15) is 0 Å². The number of carbonyl (C=O) groups excluding carboxylic acids is 3. The fraction of sp³-hybridized carbons (Fsp3) is 0.270. The Kier molecular flexibility index (Phi) is 11.5. The molecule has 0 aliphatic rings. The molecule has 4 aromatic rings. The number of benzene rings is 4. The predicted octanol–water partition coefficient (Wildman–Crippen LogP) is 5.88. The highest BCUT2D eigenvalue weighted by Gasteiger charge is 2.30. The minimum atomic E-state index is -0.902. The lowest BCUT2D eigenvalue weighted by molar-refractivity contribution is -0.141. The second-order valence-corrected chi connectivity index (χ2v) is 11.6. The Balaban J connectivity index is 1.36. The number of hydrogen-bond donors (Lipinski definition) is 2. The van der Waals surface area contributed by atoms with Crippen LogP contribution in [0, 0.1) is 0 Å². The third-order valence-electron chi connectivity index (χ3n) is 7.34. The Morgan fingerprint density at radius 2 is 1.35 bits per heavy atom. The van der Waals surface area contributed by atoms with Crippen LogP contribution in [0.4, 0.5) is 0 Å². The first-order valence-corrected chi connectivity index (χ1v) is 15.0. The van der Waals surface area contributed by atoms with Gasteiger partial charge in [-0.25, -0.2) is 9.59 Å². The molecule has 3 N–H and O–H groups in total. The average molecular weight is 625 g/mol. The highest BCUT2D eigenvalue weighted by molar-refractivity contribution is 5.98. The van der Waals surface area contributed by atoms with Gasteiger partial charge in [0.15, 0.2) is 0 Å². The first-order chi connectivity index (χ1) is 22.0. The standard InChI is InChI=1S/C37H40N2O7/c1-37(2,23-25-8-6-5-7-9-25)39-33(18-19-34(38)40)36(42)46-35(41)29-12-10-27(11-13-29)28-14-16-30(17-15-28)45-24-26-20-31(43-3)22-32(21-26)44-4/h5-17,20-22,33,39H,18-19,23-24H2,1-4H3,(H2,38,40)/t33-/m0/s1. The summed E-state index contributed by atoms with van der Waals surface area (Å²) in [6.45, 7) is 4.23. The summed E-state index contributed by atoms with van der Waals surface area (Å²) >= 11 is 0. The SMILES string of the molecule is COc1cc(COc2ccc(-c3ccc(C(=O)OC(=O)[C@H](CCC(N)=O)NC(C)(C)Cc4ccccc4)cc3)cc2)cc(OC)c1. The van der Waals surface area contributed by atoms with E-state index in [1.165, 1.54) is 0 Å². The molecule has 0 aliphatic heterocycles. The van der Waals surface area contributed by atoms with Gasteiger partial charge in [-0.3, -0.25) is 10.1 Å². The van der Waals surface area contributed by atoms with E-state index in [9.17, 15) is 14.4 Å². The number of rotatable bonds is 15. The van der Waals surface area contributed by atoms with Gasteiger partial charge in [0.25, 0.3) is 0 Å². The Labute approximate surface area is 269 Å². The summed E-state index contributed by atoms with van der Waals surface area (Å²) in [4.78, 5) is 37.5. The number of ether oxygens (including phenoxy) is 4. The van der Waals surface area contributed by atoms with E-state index in [1.807, 2.05) is 80.6 Å². The van der Waals surface area contributed by atoms with Crippen LogP contribution < -0.4 is 25.3 Å². The molecule has 4 aromatic carbocycles. The van der Waals surface area contributed by atoms with Gasteiger partial charge in [0.1, 0.15) is 29.9 Å². The number of nitrogens with two attached hydrogens (primary N) is 1. The molecule has 0 heterocycles. The zero-order valence-electron chi connectivity index (χ0n) is 26.6. The van der Waals surface area contributed by atoms with E-state index in [0.29, 0.717) is 30.3 Å². The minimum Gasteiger partial charge on any atom is -0.497 e. The zero-order chi connectivity index (χ0) is 33.1. The van der Waals surface area contributed by atoms with Gasteiger partial charge in [0, 0.05) is 18.0 Å². The van der Waals surface area contributed by atoms with Gasteiger partial charge in [0.05, 0.1) is 19.8 Å². The van der Waals surface area contributed by atoms with Crippen molar-refractivity contribution in [3.63, 3.8) is 0 Å². The number of esters is 2. The van der Waals surface area contributed by atoms with Crippen molar-refractivity contribution >= 4 is 17.8 Å². The van der Waals surface area contributed by atoms with E-state index in [4.69, 9.17) is 24.7 Å². The minimum absolute atomic E-state index is 0.0311. The van der Waals surface area contributed by atoms with Crippen molar-refractivity contribution < 1.29 is 33.3 Å². The summed E-state index contributed by atoms with van der Waals surface area (Å²) in [5, 5.41) is 3.26. The maximum absolute atomic E-state index is 13.1. The second kappa shape index (κ2) is 15.7. The molecule has 0 unspecified atom stereocenters. The van der Waals surface area contributed by atoms with E-state index in [0.717, 1.165) is 22.3 Å². The molecule has 46 heavy (non-hydrogen) atoms. The molecule has 0 bridgehead atoms. The first kappa shape index (κ1) is 33.7. The van der Waals surface area contributed by atoms with Gasteiger partial charge in [0.2, 0.25) is 5.91 Å². The summed E-state index contributed by atoms with van der Waals surface area (Å²) in [6.07, 6.45) is 0.691. The van der Waals surface area contributed by atoms with Crippen LogP contribution in [0.15, 0.2) is 97.1 Å². The normalized spacial score (nSPS) is 11.7. The van der Waals surface area contributed by atoms with Crippen LogP contribution in [-0.2, 0) is 27.4 Å². The molecule has 0 aromatic heterocycles. The van der Waals surface area contributed by atoms with Gasteiger partial charge in [-0.05, 0) is 85.3 Å². The summed E-state index contributed by atoms with van der Waals surface area (Å²) in [7, 11) is 3.20. The van der Waals surface area contributed by atoms with Crippen molar-refractivity contribution in [2.45, 2.75) is 51.3 Å². The topological polar surface area (TPSA) is 126 Å². The van der Waals surface area contributed by atoms with Crippen LogP contribution in [0.5, 0.6) is 17.2 Å². The number of hydrogen-bond acceptors (Lipinski definition) is 8. The van der Waals surface area contributed by atoms with Gasteiger partial charge < -0.3 is 24.7 Å². The summed E-state index contributed by atoms with van der Waals surface area (Å²) in [5.74, 6) is -0.0180. The van der Waals surface area contributed by atoms with E-state index < -0.39 is 29.4 Å². The molecule has 0 aliphatic carbocycles. The number of amides is 1. The summed E-state index contributed by atoms with van der Waals surface area (Å²) in [5.41, 5.74) is 8.82. The first-order valence-electron chi connectivity index (χ1n) is 15.0. The molecule has 1 atom stereocenters. The molecule has 1 amide bonds. The van der Waals surface area contributed by atoms with Crippen LogP contribution in [0.2, 0.25) is 0 Å². The second-order valence-electron chi connectivity index (χ2n) is 11.6. The van der Waals surface area contributed by atoms with Crippen molar-refractivity contribution in [3.8, 4) is 28.4 Å². The summed E-state index contributed by atoms with van der Waals surface area (Å²) in [6, 6.07) is 28.9. The van der Waals surface area contributed by atoms with E-state index in [1.54, 1.807) is 44.6 Å². The molecule has 9 heteroatoms. The van der Waals surface area contributed by atoms with Crippen LogP contribution in [0.3, 0.4) is 0 Å². The Morgan fingerprint density at radius 1 is 0.761 bits per heavy atom. The Hall–Kier alpha value is -5.15. The smallest absolute Gasteiger partial charge is 0.345 e. The molecular weight excluding hydrogens is 584 g/mol. The fourth-order valence-electron chi connectivity index (χ4n) is 5.04. The van der Waals surface area contributed by atoms with Crippen molar-refractivity contribution in [2.75, 3.05) is 14.2 Å². The number of carbonyl (C=O) groups is 3. The van der Waals surface area contributed by atoms with E-state index in [2.05, 4.69) is 5.32 Å². The maximum atomic E-state index is 13.1. The molecule has 0 saturated carbocycles. The van der Waals surface area contributed by atoms with Crippen LogP contribution in [0.1, 0.15) is 48.2 Å². The van der Waals surface area contributed by atoms with E-state index in [-0.39, 0.29) is 18.4 Å². The molecule has 4 rings (SSSR count). The lowest BCUT2D eigenvalue weighted by atomic mass is 9.93. The Bertz CT molecular complexity index is 1600. The van der Waals surface area contributed by atoms with Crippen LogP contribution in [-0.4, -0.2) is 43.6 Å². The van der Waals surface area contributed by atoms with Crippen LogP contribution in [0.25, 0.3) is 11.1 Å². The van der Waals surface area contributed by atoms with E-state index >= 15 is 0 Å². The highest BCUT2D eigenvalue weighted by Crippen LogP contribution is 2.26. The third-order valence-corrected chi connectivity index (χ3v) is 7.34. The molecule has 240 valence electrons. The van der Waals surface area contributed by atoms with Crippen molar-refractivity contribution in [1.29, 1.82) is 0 Å². The average Bonchev–Trinajstić information content (AvgIpc) is 3.05. The van der Waals surface area contributed by atoms with Crippen LogP contribution >= 0.6 is 0 Å². The zero-order valence-corrected chi connectivity index (χ0v) is 26.6. The Morgan fingerprint density at radius 3 is 1.91 bits per heavy atom. The monoisotopic (exact) mass is 624 g/mol. The molecule has 0 spiro atoms. The van der Waals surface area contributed by atoms with Gasteiger partial charge in [-0.15, -0.1) is 0 Å². The molecular formula is C37H40N2O7. The summed E-state index contributed by atoms with van der Waals surface area (Å²) < 4.78 is 21.8. The lowest BCUT2D eigenvalue weighted by Gasteiger charge is -2.31. The number of primary amides is 1.